The molecule has 0 saturated carbocycles. The van der Waals surface area contributed by atoms with Gasteiger partial charge in [-0.15, -0.1) is 0 Å². The lowest BCUT2D eigenvalue weighted by atomic mass is 10.2. The van der Waals surface area contributed by atoms with E-state index < -0.39 is 0 Å². The Bertz CT molecular complexity index is 1710. The summed E-state index contributed by atoms with van der Waals surface area (Å²) in [6, 6.07) is 33.9. The van der Waals surface area contributed by atoms with Crippen molar-refractivity contribution in [2.45, 2.75) is 6.92 Å². The van der Waals surface area contributed by atoms with Gasteiger partial charge in [-0.3, -0.25) is 4.57 Å². The largest absolute Gasteiger partial charge is 0.457 e. The molecule has 4 aromatic carbocycles. The number of anilines is 2. The molecule has 0 amide bonds. The first kappa shape index (κ1) is 23.3. The third-order valence-corrected chi connectivity index (χ3v) is 7.55. The Labute approximate surface area is 228 Å². The van der Waals surface area contributed by atoms with E-state index in [0.717, 1.165) is 42.0 Å². The van der Waals surface area contributed by atoms with Gasteiger partial charge in [0.15, 0.2) is 0 Å². The highest BCUT2D eigenvalue weighted by atomic mass is 16.5. The average molecular weight is 514 g/mol. The fraction of sp³-hybridized carbons (Fsp3) is 0.152. The maximum Gasteiger partial charge on any atom is 0.131 e. The number of aromatic nitrogens is 1. The number of nitrogens with zero attached hydrogens (tertiary/aromatic N) is 5. The first-order valence-electron chi connectivity index (χ1n) is 13.3. The lowest BCUT2D eigenvalue weighted by Crippen LogP contribution is -2.24. The molecule has 2 aliphatic heterocycles. The number of allylic oxidation sites excluding steroid dienone is 1. The molecule has 0 fully saturated rings. The van der Waals surface area contributed by atoms with Gasteiger partial charge in [0.25, 0.3) is 0 Å². The molecular formula is C33H31N5O. The summed E-state index contributed by atoms with van der Waals surface area (Å²) < 4.78 is 8.72. The SMILES string of the molecule is CC1=CN(C)CN1c1cccc(Oc2cccc(N3C=C(n4c5ccccc5c5ccccc54)N(C)C3)c2)c1. The third-order valence-electron chi connectivity index (χ3n) is 7.55. The highest BCUT2D eigenvalue weighted by Gasteiger charge is 2.24. The van der Waals surface area contributed by atoms with Gasteiger partial charge in [0, 0.05) is 66.5 Å². The van der Waals surface area contributed by atoms with E-state index in [2.05, 4.69) is 143 Å². The summed E-state index contributed by atoms with van der Waals surface area (Å²) in [6.45, 7) is 3.73. The zero-order chi connectivity index (χ0) is 26.5. The van der Waals surface area contributed by atoms with Gasteiger partial charge >= 0.3 is 0 Å². The average Bonchev–Trinajstić information content (AvgIpc) is 3.61. The van der Waals surface area contributed by atoms with Crippen LogP contribution in [0.2, 0.25) is 0 Å². The van der Waals surface area contributed by atoms with Crippen molar-refractivity contribution in [2.24, 2.45) is 0 Å². The van der Waals surface area contributed by atoms with Crippen molar-refractivity contribution in [3.63, 3.8) is 0 Å². The molecule has 2 aliphatic rings. The molecule has 3 heterocycles. The van der Waals surface area contributed by atoms with Gasteiger partial charge < -0.3 is 24.3 Å². The summed E-state index contributed by atoms with van der Waals surface area (Å²) in [5, 5.41) is 2.54. The molecule has 0 spiro atoms. The molecule has 0 aliphatic carbocycles. The Hall–Kier alpha value is -4.84. The Morgan fingerprint density at radius 1 is 0.641 bits per heavy atom. The molecule has 0 atom stereocenters. The smallest absolute Gasteiger partial charge is 0.131 e. The Morgan fingerprint density at radius 2 is 1.26 bits per heavy atom. The molecule has 194 valence electrons. The number of rotatable bonds is 5. The van der Waals surface area contributed by atoms with E-state index in [9.17, 15) is 0 Å². The van der Waals surface area contributed by atoms with Crippen LogP contribution in [0.4, 0.5) is 11.4 Å². The molecule has 39 heavy (non-hydrogen) atoms. The molecule has 0 bridgehead atoms. The topological polar surface area (TPSA) is 27.1 Å². The number of ether oxygens (including phenoxy) is 1. The molecule has 0 unspecified atom stereocenters. The number of benzene rings is 4. The Morgan fingerprint density at radius 3 is 1.90 bits per heavy atom. The predicted octanol–water partition coefficient (Wildman–Crippen LogP) is 7.32. The van der Waals surface area contributed by atoms with Crippen LogP contribution in [-0.4, -0.2) is 41.8 Å². The minimum Gasteiger partial charge on any atom is -0.457 e. The molecular weight excluding hydrogens is 482 g/mol. The van der Waals surface area contributed by atoms with E-state index in [1.54, 1.807) is 0 Å². The van der Waals surface area contributed by atoms with Gasteiger partial charge in [0.2, 0.25) is 0 Å². The highest BCUT2D eigenvalue weighted by Crippen LogP contribution is 2.36. The van der Waals surface area contributed by atoms with Gasteiger partial charge in [0.1, 0.15) is 17.3 Å². The maximum absolute atomic E-state index is 6.36. The zero-order valence-electron chi connectivity index (χ0n) is 22.5. The first-order chi connectivity index (χ1) is 19.0. The van der Waals surface area contributed by atoms with Crippen molar-refractivity contribution in [3.05, 3.63) is 115 Å². The maximum atomic E-state index is 6.36. The van der Waals surface area contributed by atoms with Gasteiger partial charge in [0.05, 0.1) is 24.4 Å². The fourth-order valence-corrected chi connectivity index (χ4v) is 5.76. The van der Waals surface area contributed by atoms with Crippen molar-refractivity contribution in [1.29, 1.82) is 0 Å². The van der Waals surface area contributed by atoms with Crippen LogP contribution in [0.5, 0.6) is 11.5 Å². The van der Waals surface area contributed by atoms with Crippen LogP contribution >= 0.6 is 0 Å². The molecule has 6 heteroatoms. The lowest BCUT2D eigenvalue weighted by molar-refractivity contribution is 0.479. The van der Waals surface area contributed by atoms with Gasteiger partial charge in [-0.25, -0.2) is 0 Å². The van der Waals surface area contributed by atoms with Gasteiger partial charge in [-0.1, -0.05) is 48.5 Å². The molecule has 7 rings (SSSR count). The van der Waals surface area contributed by atoms with Crippen molar-refractivity contribution in [2.75, 3.05) is 37.2 Å². The normalized spacial score (nSPS) is 15.5. The number of hydrogen-bond donors (Lipinski definition) is 0. The number of para-hydroxylation sites is 2. The van der Waals surface area contributed by atoms with Crippen molar-refractivity contribution in [3.8, 4) is 11.5 Å². The van der Waals surface area contributed by atoms with Crippen LogP contribution in [0.15, 0.2) is 115 Å². The molecule has 6 nitrogen and oxygen atoms in total. The second-order valence-corrected chi connectivity index (χ2v) is 10.4. The van der Waals surface area contributed by atoms with Gasteiger partial charge in [-0.05, 0) is 43.3 Å². The van der Waals surface area contributed by atoms with Crippen LogP contribution < -0.4 is 14.5 Å². The first-order valence-corrected chi connectivity index (χ1v) is 13.3. The molecule has 1 aromatic heterocycles. The number of hydrogen-bond acceptors (Lipinski definition) is 5. The van der Waals surface area contributed by atoms with E-state index in [0.29, 0.717) is 0 Å². The quantitative estimate of drug-likeness (QED) is 0.245. The van der Waals surface area contributed by atoms with Crippen LogP contribution in [0, 0.1) is 0 Å². The van der Waals surface area contributed by atoms with E-state index in [-0.39, 0.29) is 0 Å². The minimum absolute atomic E-state index is 0.753. The van der Waals surface area contributed by atoms with Crippen LogP contribution in [0.25, 0.3) is 27.6 Å². The summed E-state index contributed by atoms with van der Waals surface area (Å²) in [7, 11) is 4.24. The number of fused-ring (bicyclic) bond motifs is 3. The third kappa shape index (κ3) is 4.05. The second kappa shape index (κ2) is 9.17. The summed E-state index contributed by atoms with van der Waals surface area (Å²) in [4.78, 5) is 9.03. The summed E-state index contributed by atoms with van der Waals surface area (Å²) >= 11 is 0. The molecule has 0 radical (unpaired) electrons. The summed E-state index contributed by atoms with van der Waals surface area (Å²) in [5.41, 5.74) is 5.86. The fourth-order valence-electron chi connectivity index (χ4n) is 5.76. The predicted molar refractivity (Wildman–Crippen MR) is 161 cm³/mol. The summed E-state index contributed by atoms with van der Waals surface area (Å²) in [5.74, 6) is 2.79. The van der Waals surface area contributed by atoms with Crippen LogP contribution in [0.1, 0.15) is 6.92 Å². The van der Waals surface area contributed by atoms with E-state index in [4.69, 9.17) is 4.74 Å². The second-order valence-electron chi connectivity index (χ2n) is 10.4. The molecule has 0 N–H and O–H groups in total. The Balaban J connectivity index is 1.19. The lowest BCUT2D eigenvalue weighted by Gasteiger charge is -2.22. The molecule has 0 saturated heterocycles. The van der Waals surface area contributed by atoms with E-state index in [1.165, 1.54) is 27.5 Å². The van der Waals surface area contributed by atoms with Crippen molar-refractivity contribution in [1.82, 2.24) is 14.4 Å². The summed E-state index contributed by atoms with van der Waals surface area (Å²) in [6.07, 6.45) is 4.39. The van der Waals surface area contributed by atoms with Gasteiger partial charge in [-0.2, -0.15) is 0 Å². The van der Waals surface area contributed by atoms with Crippen LogP contribution in [-0.2, 0) is 0 Å². The van der Waals surface area contributed by atoms with Crippen molar-refractivity contribution < 1.29 is 4.74 Å². The highest BCUT2D eigenvalue weighted by molar-refractivity contribution is 6.10. The van der Waals surface area contributed by atoms with Crippen LogP contribution in [0.3, 0.4) is 0 Å². The zero-order valence-corrected chi connectivity index (χ0v) is 22.5. The van der Waals surface area contributed by atoms with Crippen molar-refractivity contribution >= 4 is 39.0 Å². The van der Waals surface area contributed by atoms with E-state index in [1.807, 2.05) is 12.1 Å². The van der Waals surface area contributed by atoms with E-state index >= 15 is 0 Å². The standard InChI is InChI=1S/C33H31N5O/c1-24-20-34(2)22-37(24)26-11-9-13-28(19-26)39-27-12-8-10-25(18-27)36-21-33(35(3)23-36)38-31-16-6-4-14-29(31)30-15-5-7-17-32(30)38/h4-21H,22-23H2,1-3H3. The molecule has 5 aromatic rings. The Kier molecular flexibility index (Phi) is 5.48. The minimum atomic E-state index is 0.753. The monoisotopic (exact) mass is 513 g/mol.